The van der Waals surface area contributed by atoms with Crippen molar-refractivity contribution in [1.82, 2.24) is 5.32 Å². The summed E-state index contributed by atoms with van der Waals surface area (Å²) in [6.07, 6.45) is 1.80. The monoisotopic (exact) mass is 324 g/mol. The summed E-state index contributed by atoms with van der Waals surface area (Å²) in [6.45, 7) is 1.61. The van der Waals surface area contributed by atoms with Crippen LogP contribution in [0.1, 0.15) is 6.92 Å². The van der Waals surface area contributed by atoms with Crippen LogP contribution in [0.2, 0.25) is 5.02 Å². The lowest BCUT2D eigenvalue weighted by molar-refractivity contribution is 0.243. The number of hydrogen-bond acceptors (Lipinski definition) is 3. The van der Waals surface area contributed by atoms with Gasteiger partial charge in [-0.05, 0) is 19.2 Å². The number of hydrogen-bond donors (Lipinski definition) is 3. The van der Waals surface area contributed by atoms with Crippen LogP contribution in [0.25, 0.3) is 0 Å². The number of thioether (sulfide) groups is 1. The van der Waals surface area contributed by atoms with Crippen LogP contribution in [0.5, 0.6) is 0 Å². The number of amides is 2. The van der Waals surface area contributed by atoms with Gasteiger partial charge in [-0.15, -0.1) is 0 Å². The summed E-state index contributed by atoms with van der Waals surface area (Å²) >= 11 is 7.06. The Hall–Kier alpha value is -1.05. The first kappa shape index (κ1) is 17.0. The molecule has 0 aliphatic rings. The molecule has 1 rings (SSSR count). The first-order valence-electron chi connectivity index (χ1n) is 5.74. The summed E-state index contributed by atoms with van der Waals surface area (Å²) in [5.74, 6) is -1.78. The lowest BCUT2D eigenvalue weighted by atomic mass is 10.2. The van der Waals surface area contributed by atoms with Gasteiger partial charge in [0.1, 0.15) is 5.82 Å². The Morgan fingerprint density at radius 3 is 2.65 bits per heavy atom. The second kappa shape index (κ2) is 7.66. The SMILES string of the molecule is CSC(CO)C(C)NC(=O)Nc1c(F)cc(F)cc1Cl. The normalized spacial score (nSPS) is 13.7. The fraction of sp³-hybridized carbons (Fsp3) is 0.417. The van der Waals surface area contributed by atoms with Gasteiger partial charge in [-0.2, -0.15) is 11.8 Å². The van der Waals surface area contributed by atoms with Crippen LogP contribution in [-0.4, -0.2) is 35.3 Å². The lowest BCUT2D eigenvalue weighted by Gasteiger charge is -2.21. The summed E-state index contributed by atoms with van der Waals surface area (Å²) in [6, 6.07) is 0.514. The second-order valence-electron chi connectivity index (χ2n) is 4.09. The molecule has 0 spiro atoms. The number of nitrogens with one attached hydrogen (secondary N) is 2. The van der Waals surface area contributed by atoms with Gasteiger partial charge >= 0.3 is 6.03 Å². The maximum Gasteiger partial charge on any atom is 0.319 e. The number of aliphatic hydroxyl groups is 1. The molecule has 0 aromatic heterocycles. The van der Waals surface area contributed by atoms with Gasteiger partial charge in [0.15, 0.2) is 5.82 Å². The molecule has 0 heterocycles. The largest absolute Gasteiger partial charge is 0.395 e. The minimum Gasteiger partial charge on any atom is -0.395 e. The van der Waals surface area contributed by atoms with Gasteiger partial charge in [0, 0.05) is 17.4 Å². The van der Waals surface area contributed by atoms with E-state index >= 15 is 0 Å². The maximum absolute atomic E-state index is 13.5. The Labute approximate surface area is 124 Å². The predicted molar refractivity (Wildman–Crippen MR) is 77.4 cm³/mol. The van der Waals surface area contributed by atoms with Gasteiger partial charge in [0.25, 0.3) is 0 Å². The summed E-state index contributed by atoms with van der Waals surface area (Å²) < 4.78 is 26.4. The molecule has 1 aromatic rings. The van der Waals surface area contributed by atoms with Crippen molar-refractivity contribution in [3.63, 3.8) is 0 Å². The van der Waals surface area contributed by atoms with Gasteiger partial charge in [0.05, 0.1) is 17.3 Å². The molecule has 0 saturated carbocycles. The molecule has 20 heavy (non-hydrogen) atoms. The molecule has 0 radical (unpaired) electrons. The number of halogens is 3. The Kier molecular flexibility index (Phi) is 6.51. The average molecular weight is 325 g/mol. The van der Waals surface area contributed by atoms with Gasteiger partial charge in [-0.3, -0.25) is 0 Å². The number of benzene rings is 1. The zero-order chi connectivity index (χ0) is 15.3. The zero-order valence-electron chi connectivity index (χ0n) is 10.9. The number of carbonyl (C=O) groups is 1. The third-order valence-corrected chi connectivity index (χ3v) is 4.11. The summed E-state index contributed by atoms with van der Waals surface area (Å²) in [7, 11) is 0. The molecule has 3 N–H and O–H groups in total. The molecule has 0 saturated heterocycles. The molecule has 4 nitrogen and oxygen atoms in total. The van der Waals surface area contributed by atoms with Crippen LogP contribution in [-0.2, 0) is 0 Å². The third kappa shape index (κ3) is 4.50. The third-order valence-electron chi connectivity index (χ3n) is 2.64. The van der Waals surface area contributed by atoms with E-state index in [2.05, 4.69) is 10.6 Å². The first-order valence-corrected chi connectivity index (χ1v) is 7.41. The minimum atomic E-state index is -0.957. The van der Waals surface area contributed by atoms with Crippen molar-refractivity contribution >= 4 is 35.1 Å². The molecule has 2 atom stereocenters. The number of rotatable bonds is 5. The molecule has 112 valence electrons. The van der Waals surface area contributed by atoms with Crippen molar-refractivity contribution in [3.8, 4) is 0 Å². The molecular weight excluding hydrogens is 310 g/mol. The standard InChI is InChI=1S/C12H15ClF2N2O2S/c1-6(10(5-18)20-2)16-12(19)17-11-8(13)3-7(14)4-9(11)15/h3-4,6,10,18H,5H2,1-2H3,(H2,16,17,19). The van der Waals surface area contributed by atoms with Crippen molar-refractivity contribution < 1.29 is 18.7 Å². The van der Waals surface area contributed by atoms with Crippen LogP contribution in [0.3, 0.4) is 0 Å². The molecular formula is C12H15ClF2N2O2S. The minimum absolute atomic E-state index is 0.103. The molecule has 0 bridgehead atoms. The highest BCUT2D eigenvalue weighted by atomic mass is 35.5. The van der Waals surface area contributed by atoms with Gasteiger partial charge in [0.2, 0.25) is 0 Å². The van der Waals surface area contributed by atoms with E-state index in [1.807, 2.05) is 0 Å². The molecule has 2 amide bonds. The Morgan fingerprint density at radius 1 is 1.50 bits per heavy atom. The molecule has 0 fully saturated rings. The average Bonchev–Trinajstić information content (AvgIpc) is 2.35. The predicted octanol–water partition coefficient (Wildman–Crippen LogP) is 2.85. The fourth-order valence-electron chi connectivity index (χ4n) is 1.55. The maximum atomic E-state index is 13.5. The topological polar surface area (TPSA) is 61.4 Å². The van der Waals surface area contributed by atoms with Crippen LogP contribution < -0.4 is 10.6 Å². The summed E-state index contributed by atoms with van der Waals surface area (Å²) in [4.78, 5) is 11.7. The fourth-order valence-corrected chi connectivity index (χ4v) is 2.41. The molecule has 8 heteroatoms. The Morgan fingerprint density at radius 2 is 2.15 bits per heavy atom. The van der Waals surface area contributed by atoms with Crippen LogP contribution >= 0.6 is 23.4 Å². The van der Waals surface area contributed by atoms with Crippen LogP contribution in [0, 0.1) is 11.6 Å². The van der Waals surface area contributed by atoms with Crippen molar-refractivity contribution in [2.45, 2.75) is 18.2 Å². The van der Waals surface area contributed by atoms with E-state index in [1.54, 1.807) is 13.2 Å². The summed E-state index contributed by atoms with van der Waals surface area (Å²) in [5.41, 5.74) is -0.289. The smallest absolute Gasteiger partial charge is 0.319 e. The van der Waals surface area contributed by atoms with Crippen molar-refractivity contribution in [2.75, 3.05) is 18.2 Å². The van der Waals surface area contributed by atoms with Gasteiger partial charge in [-0.25, -0.2) is 13.6 Å². The van der Waals surface area contributed by atoms with Gasteiger partial charge in [-0.1, -0.05) is 11.6 Å². The highest BCUT2D eigenvalue weighted by molar-refractivity contribution is 7.99. The van der Waals surface area contributed by atoms with Gasteiger partial charge < -0.3 is 15.7 Å². The van der Waals surface area contributed by atoms with Crippen molar-refractivity contribution in [1.29, 1.82) is 0 Å². The van der Waals surface area contributed by atoms with E-state index in [4.69, 9.17) is 16.7 Å². The number of aliphatic hydroxyl groups excluding tert-OH is 1. The lowest BCUT2D eigenvalue weighted by Crippen LogP contribution is -2.43. The molecule has 0 aliphatic heterocycles. The van der Waals surface area contributed by atoms with E-state index in [1.165, 1.54) is 11.8 Å². The number of carbonyl (C=O) groups excluding carboxylic acids is 1. The second-order valence-corrected chi connectivity index (χ2v) is 5.57. The number of anilines is 1. The first-order chi connectivity index (χ1) is 9.38. The highest BCUT2D eigenvalue weighted by Gasteiger charge is 2.19. The summed E-state index contributed by atoms with van der Waals surface area (Å²) in [5, 5.41) is 13.5. The molecule has 1 aromatic carbocycles. The molecule has 0 aliphatic carbocycles. The van der Waals surface area contributed by atoms with Crippen molar-refractivity contribution in [2.24, 2.45) is 0 Å². The zero-order valence-corrected chi connectivity index (χ0v) is 12.5. The Balaban J connectivity index is 2.72. The molecule has 2 unspecified atom stereocenters. The van der Waals surface area contributed by atoms with E-state index in [0.29, 0.717) is 6.07 Å². The highest BCUT2D eigenvalue weighted by Crippen LogP contribution is 2.26. The van der Waals surface area contributed by atoms with Crippen molar-refractivity contribution in [3.05, 3.63) is 28.8 Å². The quantitative estimate of drug-likeness (QED) is 0.780. The van der Waals surface area contributed by atoms with Crippen LogP contribution in [0.15, 0.2) is 12.1 Å². The van der Waals surface area contributed by atoms with E-state index < -0.39 is 17.7 Å². The van der Waals surface area contributed by atoms with E-state index in [-0.39, 0.29) is 28.6 Å². The van der Waals surface area contributed by atoms with Crippen LogP contribution in [0.4, 0.5) is 19.3 Å². The Bertz CT molecular complexity index is 464. The number of urea groups is 1. The van der Waals surface area contributed by atoms with E-state index in [9.17, 15) is 13.6 Å². The van der Waals surface area contributed by atoms with E-state index in [0.717, 1.165) is 6.07 Å².